The van der Waals surface area contributed by atoms with Crippen LogP contribution in [0, 0.1) is 40.4 Å². The van der Waals surface area contributed by atoms with E-state index in [2.05, 4.69) is 26.8 Å². The maximum atomic E-state index is 11.4. The summed E-state index contributed by atoms with van der Waals surface area (Å²) >= 11 is 0. The monoisotopic (exact) mass is 416 g/mol. The zero-order valence-corrected chi connectivity index (χ0v) is 19.5. The first-order valence-electron chi connectivity index (χ1n) is 12.1. The van der Waals surface area contributed by atoms with Crippen LogP contribution in [-0.2, 0) is 19.1 Å². The van der Waals surface area contributed by atoms with Gasteiger partial charge in [0.05, 0.1) is 6.61 Å². The van der Waals surface area contributed by atoms with Crippen molar-refractivity contribution in [2.75, 3.05) is 6.61 Å². The lowest BCUT2D eigenvalue weighted by atomic mass is 9.47. The third kappa shape index (κ3) is 3.62. The number of ether oxygens (including phenoxy) is 2. The van der Waals surface area contributed by atoms with Gasteiger partial charge in [-0.25, -0.2) is 0 Å². The van der Waals surface area contributed by atoms with Crippen molar-refractivity contribution in [3.8, 4) is 0 Å². The molecule has 0 aromatic heterocycles. The van der Waals surface area contributed by atoms with E-state index in [0.29, 0.717) is 23.9 Å². The van der Waals surface area contributed by atoms with E-state index in [-0.39, 0.29) is 23.5 Å². The average Bonchev–Trinajstić information content (AvgIpc) is 3.03. The third-order valence-corrected chi connectivity index (χ3v) is 9.70. The highest BCUT2D eigenvalue weighted by atomic mass is 16.5. The highest BCUT2D eigenvalue weighted by Crippen LogP contribution is 2.67. The smallest absolute Gasteiger partial charge is 0.302 e. The average molecular weight is 417 g/mol. The first kappa shape index (κ1) is 21.9. The quantitative estimate of drug-likeness (QED) is 0.436. The van der Waals surface area contributed by atoms with Crippen LogP contribution < -0.4 is 0 Å². The second-order valence-electron chi connectivity index (χ2n) is 11.2. The Hall–Kier alpha value is -1.32. The maximum absolute atomic E-state index is 11.4. The second-order valence-corrected chi connectivity index (χ2v) is 11.2. The van der Waals surface area contributed by atoms with Crippen molar-refractivity contribution >= 4 is 11.9 Å². The van der Waals surface area contributed by atoms with Gasteiger partial charge in [-0.15, -0.1) is 0 Å². The molecule has 8 atom stereocenters. The van der Waals surface area contributed by atoms with E-state index >= 15 is 0 Å². The Labute approximate surface area is 182 Å². The fourth-order valence-corrected chi connectivity index (χ4v) is 8.30. The van der Waals surface area contributed by atoms with E-state index in [1.807, 2.05) is 0 Å². The van der Waals surface area contributed by atoms with Gasteiger partial charge in [0.2, 0.25) is 0 Å². The topological polar surface area (TPSA) is 52.6 Å². The van der Waals surface area contributed by atoms with Crippen molar-refractivity contribution in [2.45, 2.75) is 92.1 Å². The lowest BCUT2D eigenvalue weighted by molar-refractivity contribution is -0.148. The zero-order chi connectivity index (χ0) is 21.7. The van der Waals surface area contributed by atoms with Crippen LogP contribution >= 0.6 is 0 Å². The lowest BCUT2D eigenvalue weighted by Gasteiger charge is -2.58. The normalized spacial score (nSPS) is 43.5. The maximum Gasteiger partial charge on any atom is 0.302 e. The van der Waals surface area contributed by atoms with Gasteiger partial charge in [-0.2, -0.15) is 0 Å². The molecule has 3 fully saturated rings. The summed E-state index contributed by atoms with van der Waals surface area (Å²) in [6, 6.07) is 0. The van der Waals surface area contributed by atoms with Gasteiger partial charge in [-0.3, -0.25) is 9.59 Å². The zero-order valence-electron chi connectivity index (χ0n) is 19.5. The van der Waals surface area contributed by atoms with Gasteiger partial charge < -0.3 is 9.47 Å². The number of allylic oxidation sites excluding steroid dienone is 1. The van der Waals surface area contributed by atoms with Crippen LogP contribution in [0.15, 0.2) is 11.6 Å². The van der Waals surface area contributed by atoms with Crippen molar-refractivity contribution in [3.63, 3.8) is 0 Å². The van der Waals surface area contributed by atoms with E-state index < -0.39 is 0 Å². The second kappa shape index (κ2) is 7.98. The molecule has 168 valence electrons. The van der Waals surface area contributed by atoms with E-state index in [1.54, 1.807) is 5.57 Å². The molecule has 0 saturated heterocycles. The Morgan fingerprint density at radius 2 is 1.83 bits per heavy atom. The SMILES string of the molecule is CC(=O)OC[C@@H](C)[C@H]1CC[C@H]2[C@@H]3CC=C4C[C@@H](OC(C)=O)CC[C@]4(C)[C@H]3CC[C@]12C. The molecule has 0 aromatic rings. The molecule has 0 radical (unpaired) electrons. The van der Waals surface area contributed by atoms with Crippen molar-refractivity contribution in [2.24, 2.45) is 40.4 Å². The minimum absolute atomic E-state index is 0.0743. The summed E-state index contributed by atoms with van der Waals surface area (Å²) in [5.41, 5.74) is 2.21. The molecule has 3 saturated carbocycles. The van der Waals surface area contributed by atoms with E-state index in [1.165, 1.54) is 46.0 Å². The Balaban J connectivity index is 1.51. The minimum atomic E-state index is -0.160. The first-order chi connectivity index (χ1) is 14.1. The third-order valence-electron chi connectivity index (χ3n) is 9.70. The van der Waals surface area contributed by atoms with E-state index in [0.717, 1.165) is 37.0 Å². The van der Waals surface area contributed by atoms with Crippen LogP contribution in [-0.4, -0.2) is 24.6 Å². The van der Waals surface area contributed by atoms with E-state index in [9.17, 15) is 9.59 Å². The summed E-state index contributed by atoms with van der Waals surface area (Å²) in [4.78, 5) is 22.7. The molecule has 0 N–H and O–H groups in total. The molecule has 0 heterocycles. The number of rotatable bonds is 4. The molecule has 30 heavy (non-hydrogen) atoms. The predicted molar refractivity (Wildman–Crippen MR) is 117 cm³/mol. The van der Waals surface area contributed by atoms with Crippen LogP contribution in [0.1, 0.15) is 86.0 Å². The van der Waals surface area contributed by atoms with Crippen LogP contribution in [0.25, 0.3) is 0 Å². The van der Waals surface area contributed by atoms with Crippen LogP contribution in [0.3, 0.4) is 0 Å². The molecule has 4 aliphatic carbocycles. The summed E-state index contributed by atoms with van der Waals surface area (Å²) in [6.45, 7) is 10.9. The highest BCUT2D eigenvalue weighted by Gasteiger charge is 2.59. The first-order valence-corrected chi connectivity index (χ1v) is 12.1. The van der Waals surface area contributed by atoms with Gasteiger partial charge >= 0.3 is 11.9 Å². The van der Waals surface area contributed by atoms with Gasteiger partial charge in [0.15, 0.2) is 0 Å². The van der Waals surface area contributed by atoms with Gasteiger partial charge in [-0.05, 0) is 85.4 Å². The number of fused-ring (bicyclic) bond motifs is 5. The number of carbonyl (C=O) groups excluding carboxylic acids is 2. The number of esters is 2. The summed E-state index contributed by atoms with van der Waals surface area (Å²) in [7, 11) is 0. The standard InChI is InChI=1S/C26H40O4/c1-16(15-29-17(2)27)22-8-9-23-21-7-6-19-14-20(30-18(3)28)10-12-25(19,4)24(21)11-13-26(22,23)5/h6,16,20-24H,7-15H2,1-5H3/t16-,20+,21+,22-,23+,24+,25+,26-/m1/s1. The molecule has 4 rings (SSSR count). The predicted octanol–water partition coefficient (Wildman–Crippen LogP) is 5.70. The Bertz CT molecular complexity index is 727. The summed E-state index contributed by atoms with van der Waals surface area (Å²) < 4.78 is 11.0. The largest absolute Gasteiger partial charge is 0.466 e. The Kier molecular flexibility index (Phi) is 5.83. The van der Waals surface area contributed by atoms with Gasteiger partial charge in [0.25, 0.3) is 0 Å². The summed E-state index contributed by atoms with van der Waals surface area (Å²) in [5.74, 6) is 3.09. The molecule has 0 bridgehead atoms. The number of hydrogen-bond donors (Lipinski definition) is 0. The molecule has 0 aliphatic heterocycles. The van der Waals surface area contributed by atoms with Gasteiger partial charge in [0.1, 0.15) is 6.10 Å². The van der Waals surface area contributed by atoms with E-state index in [4.69, 9.17) is 9.47 Å². The van der Waals surface area contributed by atoms with Crippen LogP contribution in [0.4, 0.5) is 0 Å². The molecule has 0 spiro atoms. The van der Waals surface area contributed by atoms with Crippen molar-refractivity contribution in [3.05, 3.63) is 11.6 Å². The summed E-state index contributed by atoms with van der Waals surface area (Å²) in [6.07, 6.45) is 12.1. The van der Waals surface area contributed by atoms with Crippen LogP contribution in [0.2, 0.25) is 0 Å². The summed E-state index contributed by atoms with van der Waals surface area (Å²) in [5, 5.41) is 0. The molecular weight excluding hydrogens is 376 g/mol. The highest BCUT2D eigenvalue weighted by molar-refractivity contribution is 5.66. The van der Waals surface area contributed by atoms with Crippen LogP contribution in [0.5, 0.6) is 0 Å². The molecule has 4 aliphatic rings. The van der Waals surface area contributed by atoms with Crippen molar-refractivity contribution < 1.29 is 19.1 Å². The molecule has 4 nitrogen and oxygen atoms in total. The molecule has 0 aromatic carbocycles. The van der Waals surface area contributed by atoms with Crippen molar-refractivity contribution in [1.29, 1.82) is 0 Å². The minimum Gasteiger partial charge on any atom is -0.466 e. The van der Waals surface area contributed by atoms with Gasteiger partial charge in [-0.1, -0.05) is 32.4 Å². The fraction of sp³-hybridized carbons (Fsp3) is 0.846. The lowest BCUT2D eigenvalue weighted by Crippen LogP contribution is -2.51. The van der Waals surface area contributed by atoms with Gasteiger partial charge in [0, 0.05) is 20.3 Å². The number of carbonyl (C=O) groups is 2. The Morgan fingerprint density at radius 1 is 1.07 bits per heavy atom. The van der Waals surface area contributed by atoms with Crippen molar-refractivity contribution in [1.82, 2.24) is 0 Å². The number of hydrogen-bond acceptors (Lipinski definition) is 4. The molecule has 0 amide bonds. The molecule has 0 unspecified atom stereocenters. The molecular formula is C26H40O4. The molecule has 4 heteroatoms. The fourth-order valence-electron chi connectivity index (χ4n) is 8.30. The Morgan fingerprint density at radius 3 is 2.53 bits per heavy atom.